The molecule has 0 unspecified atom stereocenters. The van der Waals surface area contributed by atoms with Crippen LogP contribution in [0.2, 0.25) is 0 Å². The molecule has 1 saturated heterocycles. The van der Waals surface area contributed by atoms with E-state index in [2.05, 4.69) is 9.83 Å². The molecule has 2 amide bonds. The number of rotatable bonds is 2. The summed E-state index contributed by atoms with van der Waals surface area (Å²) >= 11 is 0. The normalized spacial score (nSPS) is 17.1. The maximum atomic E-state index is 13.5. The smallest absolute Gasteiger partial charge is 0.287 e. The van der Waals surface area contributed by atoms with Crippen LogP contribution in [-0.2, 0) is 0 Å². The van der Waals surface area contributed by atoms with Crippen LogP contribution in [0.25, 0.3) is 15.6 Å². The lowest BCUT2D eigenvalue weighted by molar-refractivity contribution is 0.255. The van der Waals surface area contributed by atoms with E-state index in [9.17, 15) is 9.18 Å². The SMILES string of the molecule is [C-]#[N+][C@H]1CN(c2cccc(F)c2)C(=O)N1c1cncc2ccccc12. The molecular weight excluding hydrogens is 319 g/mol. The quantitative estimate of drug-likeness (QED) is 0.664. The zero-order chi connectivity index (χ0) is 17.4. The number of anilines is 2. The summed E-state index contributed by atoms with van der Waals surface area (Å²) in [6.07, 6.45) is 2.62. The lowest BCUT2D eigenvalue weighted by Crippen LogP contribution is -2.34. The Morgan fingerprint density at radius 3 is 2.80 bits per heavy atom. The van der Waals surface area contributed by atoms with E-state index in [1.165, 1.54) is 21.9 Å². The number of carbonyl (C=O) groups excluding carboxylic acids is 1. The van der Waals surface area contributed by atoms with Gasteiger partial charge < -0.3 is 0 Å². The van der Waals surface area contributed by atoms with Crippen molar-refractivity contribution in [3.63, 3.8) is 0 Å². The third kappa shape index (κ3) is 2.46. The van der Waals surface area contributed by atoms with Crippen molar-refractivity contribution < 1.29 is 9.18 Å². The highest BCUT2D eigenvalue weighted by Crippen LogP contribution is 2.33. The standard InChI is InChI=1S/C19H13FN4O/c1-21-18-12-23(15-7-4-6-14(20)9-15)19(25)24(18)17-11-22-10-13-5-2-3-8-16(13)17/h2-11,18H,12H2/t18-/m1/s1. The number of aromatic nitrogens is 1. The maximum absolute atomic E-state index is 13.5. The van der Waals surface area contributed by atoms with Crippen molar-refractivity contribution in [1.82, 2.24) is 4.98 Å². The summed E-state index contributed by atoms with van der Waals surface area (Å²) in [6, 6.07) is 13.0. The molecule has 0 radical (unpaired) electrons. The topological polar surface area (TPSA) is 40.8 Å². The van der Waals surface area contributed by atoms with E-state index >= 15 is 0 Å². The van der Waals surface area contributed by atoms with Crippen LogP contribution in [-0.4, -0.2) is 23.7 Å². The van der Waals surface area contributed by atoms with Gasteiger partial charge in [0.2, 0.25) is 0 Å². The van der Waals surface area contributed by atoms with Gasteiger partial charge in [-0.15, -0.1) is 0 Å². The molecular formula is C19H13FN4O. The highest BCUT2D eigenvalue weighted by atomic mass is 19.1. The molecule has 1 aliphatic rings. The molecule has 0 saturated carbocycles. The molecule has 1 atom stereocenters. The number of urea groups is 1. The van der Waals surface area contributed by atoms with Gasteiger partial charge in [0.15, 0.2) is 0 Å². The average molecular weight is 332 g/mol. The lowest BCUT2D eigenvalue weighted by Gasteiger charge is -2.19. The number of fused-ring (bicyclic) bond motifs is 1. The number of carbonyl (C=O) groups is 1. The second-order valence-electron chi connectivity index (χ2n) is 5.73. The van der Waals surface area contributed by atoms with Crippen LogP contribution in [0.4, 0.5) is 20.6 Å². The van der Waals surface area contributed by atoms with E-state index in [1.54, 1.807) is 24.5 Å². The highest BCUT2D eigenvalue weighted by molar-refractivity contribution is 6.11. The number of hydrogen-bond donors (Lipinski definition) is 0. The van der Waals surface area contributed by atoms with Gasteiger partial charge in [-0.05, 0) is 18.2 Å². The summed E-state index contributed by atoms with van der Waals surface area (Å²) in [5, 5.41) is 1.74. The van der Waals surface area contributed by atoms with Crippen LogP contribution in [0, 0.1) is 12.4 Å². The first-order valence-corrected chi connectivity index (χ1v) is 7.74. The Morgan fingerprint density at radius 2 is 2.00 bits per heavy atom. The summed E-state index contributed by atoms with van der Waals surface area (Å²) < 4.78 is 13.5. The van der Waals surface area contributed by atoms with Crippen LogP contribution >= 0.6 is 0 Å². The average Bonchev–Trinajstić information content (AvgIpc) is 2.97. The second kappa shape index (κ2) is 5.87. The maximum Gasteiger partial charge on any atom is 0.335 e. The second-order valence-corrected chi connectivity index (χ2v) is 5.73. The van der Waals surface area contributed by atoms with Gasteiger partial charge >= 0.3 is 12.2 Å². The summed E-state index contributed by atoms with van der Waals surface area (Å²) in [6.45, 7) is 7.66. The summed E-state index contributed by atoms with van der Waals surface area (Å²) in [5.74, 6) is -0.421. The lowest BCUT2D eigenvalue weighted by atomic mass is 10.1. The first-order chi connectivity index (χ1) is 12.2. The molecule has 0 bridgehead atoms. The van der Waals surface area contributed by atoms with E-state index in [1.807, 2.05) is 24.3 Å². The summed E-state index contributed by atoms with van der Waals surface area (Å²) in [7, 11) is 0. The Hall–Kier alpha value is -3.46. The number of benzene rings is 2. The first-order valence-electron chi connectivity index (χ1n) is 7.74. The number of pyridine rings is 1. The van der Waals surface area contributed by atoms with Crippen LogP contribution < -0.4 is 9.80 Å². The van der Waals surface area contributed by atoms with E-state index in [0.717, 1.165) is 10.8 Å². The van der Waals surface area contributed by atoms with Gasteiger partial charge in [0, 0.05) is 22.7 Å². The molecule has 2 heterocycles. The summed E-state index contributed by atoms with van der Waals surface area (Å²) in [5.41, 5.74) is 1.03. The molecule has 2 aromatic carbocycles. The van der Waals surface area contributed by atoms with Gasteiger partial charge in [0.1, 0.15) is 12.4 Å². The van der Waals surface area contributed by atoms with Crippen molar-refractivity contribution in [3.8, 4) is 0 Å². The van der Waals surface area contributed by atoms with Gasteiger partial charge in [0.05, 0.1) is 11.9 Å². The van der Waals surface area contributed by atoms with E-state index in [-0.39, 0.29) is 12.6 Å². The Kier molecular flexibility index (Phi) is 3.55. The molecule has 5 nitrogen and oxygen atoms in total. The van der Waals surface area contributed by atoms with Crippen molar-refractivity contribution >= 4 is 28.2 Å². The van der Waals surface area contributed by atoms with Crippen LogP contribution in [0.1, 0.15) is 0 Å². The Labute approximate surface area is 143 Å². The highest BCUT2D eigenvalue weighted by Gasteiger charge is 2.44. The molecule has 1 aromatic heterocycles. The van der Waals surface area contributed by atoms with Crippen LogP contribution in [0.15, 0.2) is 60.9 Å². The Bertz CT molecular complexity index is 1010. The van der Waals surface area contributed by atoms with Gasteiger partial charge in [-0.1, -0.05) is 30.3 Å². The van der Waals surface area contributed by atoms with Crippen molar-refractivity contribution in [1.29, 1.82) is 0 Å². The third-order valence-electron chi connectivity index (χ3n) is 4.26. The first kappa shape index (κ1) is 15.1. The predicted octanol–water partition coefficient (Wildman–Crippen LogP) is 4.07. The fourth-order valence-corrected chi connectivity index (χ4v) is 3.10. The minimum absolute atomic E-state index is 0.176. The van der Waals surface area contributed by atoms with Gasteiger partial charge in [-0.2, -0.15) is 0 Å². The zero-order valence-electron chi connectivity index (χ0n) is 13.1. The molecule has 1 aliphatic heterocycles. The van der Waals surface area contributed by atoms with Crippen LogP contribution in [0.5, 0.6) is 0 Å². The molecule has 3 aromatic rings. The minimum Gasteiger partial charge on any atom is -0.287 e. The monoisotopic (exact) mass is 332 g/mol. The fraction of sp³-hybridized carbons (Fsp3) is 0.105. The van der Waals surface area contributed by atoms with Gasteiger partial charge in [-0.25, -0.2) is 20.7 Å². The Morgan fingerprint density at radius 1 is 1.16 bits per heavy atom. The fourth-order valence-electron chi connectivity index (χ4n) is 3.10. The minimum atomic E-state index is -0.691. The number of halogens is 1. The molecule has 0 spiro atoms. The van der Waals surface area contributed by atoms with E-state index in [4.69, 9.17) is 6.57 Å². The van der Waals surface area contributed by atoms with Gasteiger partial charge in [-0.3, -0.25) is 14.7 Å². The third-order valence-corrected chi connectivity index (χ3v) is 4.26. The van der Waals surface area contributed by atoms with Crippen molar-refractivity contribution in [2.45, 2.75) is 6.17 Å². The van der Waals surface area contributed by atoms with Gasteiger partial charge in [0.25, 0.3) is 0 Å². The number of amides is 2. The van der Waals surface area contributed by atoms with Crippen molar-refractivity contribution in [2.75, 3.05) is 16.3 Å². The van der Waals surface area contributed by atoms with Crippen LogP contribution in [0.3, 0.4) is 0 Å². The largest absolute Gasteiger partial charge is 0.335 e. The van der Waals surface area contributed by atoms with E-state index in [0.29, 0.717) is 11.4 Å². The molecule has 0 aliphatic carbocycles. The molecule has 0 N–H and O–H groups in total. The number of hydrogen-bond acceptors (Lipinski definition) is 2. The summed E-state index contributed by atoms with van der Waals surface area (Å²) in [4.78, 5) is 23.6. The molecule has 1 fully saturated rings. The molecule has 4 rings (SSSR count). The molecule has 122 valence electrons. The van der Waals surface area contributed by atoms with Crippen molar-refractivity contribution in [2.24, 2.45) is 0 Å². The predicted molar refractivity (Wildman–Crippen MR) is 93.8 cm³/mol. The zero-order valence-corrected chi connectivity index (χ0v) is 13.1. The Balaban J connectivity index is 1.81. The molecule has 25 heavy (non-hydrogen) atoms. The molecule has 6 heteroatoms. The number of nitrogens with zero attached hydrogens (tertiary/aromatic N) is 4. The van der Waals surface area contributed by atoms with E-state index < -0.39 is 12.0 Å². The van der Waals surface area contributed by atoms with Crippen molar-refractivity contribution in [3.05, 3.63) is 78.2 Å².